The van der Waals surface area contributed by atoms with E-state index in [1.807, 2.05) is 31.4 Å². The molecule has 0 atom stereocenters. The third-order valence-corrected chi connectivity index (χ3v) is 3.17. The Kier molecular flexibility index (Phi) is 3.19. The van der Waals surface area contributed by atoms with Gasteiger partial charge in [-0.1, -0.05) is 6.07 Å². The second-order valence-corrected chi connectivity index (χ2v) is 4.26. The molecule has 1 aromatic carbocycles. The predicted octanol–water partition coefficient (Wildman–Crippen LogP) is 2.77. The lowest BCUT2D eigenvalue weighted by molar-refractivity contribution is -0.131. The second-order valence-electron chi connectivity index (χ2n) is 4.26. The maximum atomic E-state index is 10.6. The van der Waals surface area contributed by atoms with Gasteiger partial charge in [-0.25, -0.2) is 9.78 Å². The molecule has 2 aromatic rings. The molecule has 18 heavy (non-hydrogen) atoms. The average Bonchev–Trinajstić information content (AvgIpc) is 2.69. The highest BCUT2D eigenvalue weighted by molar-refractivity contribution is 5.87. The minimum atomic E-state index is -0.961. The molecule has 0 bridgehead atoms. The van der Waals surface area contributed by atoms with Crippen LogP contribution in [0.4, 0.5) is 0 Å². The molecule has 1 N–H and O–H groups in total. The summed E-state index contributed by atoms with van der Waals surface area (Å²) >= 11 is 0. The first-order valence-electron chi connectivity index (χ1n) is 5.92. The first-order valence-corrected chi connectivity index (χ1v) is 5.92. The molecule has 0 aliphatic carbocycles. The number of aromatic nitrogens is 2. The van der Waals surface area contributed by atoms with Crippen LogP contribution in [0.5, 0.6) is 0 Å². The molecular formula is C14H16N2O2. The van der Waals surface area contributed by atoms with Gasteiger partial charge in [0.1, 0.15) is 5.82 Å². The van der Waals surface area contributed by atoms with Crippen LogP contribution in [0.25, 0.3) is 17.1 Å². The Labute approximate surface area is 106 Å². The zero-order chi connectivity index (χ0) is 13.3. The molecule has 0 amide bonds. The number of hydrogen-bond donors (Lipinski definition) is 1. The van der Waals surface area contributed by atoms with Gasteiger partial charge in [-0.2, -0.15) is 0 Å². The molecule has 0 saturated carbocycles. The van der Waals surface area contributed by atoms with Crippen molar-refractivity contribution in [1.82, 2.24) is 9.55 Å². The highest BCUT2D eigenvalue weighted by atomic mass is 16.4. The van der Waals surface area contributed by atoms with Gasteiger partial charge in [0.2, 0.25) is 0 Å². The number of aliphatic carboxylic acids is 1. The fourth-order valence-corrected chi connectivity index (χ4v) is 2.05. The Morgan fingerprint density at radius 2 is 2.17 bits per heavy atom. The normalized spacial score (nSPS) is 11.5. The zero-order valence-corrected chi connectivity index (χ0v) is 10.8. The highest BCUT2D eigenvalue weighted by Crippen LogP contribution is 2.23. The van der Waals surface area contributed by atoms with E-state index in [1.165, 1.54) is 5.56 Å². The molecule has 0 fully saturated rings. The molecule has 2 rings (SSSR count). The quantitative estimate of drug-likeness (QED) is 0.845. The first kappa shape index (κ1) is 12.4. The van der Waals surface area contributed by atoms with Crippen LogP contribution in [0.1, 0.15) is 23.9 Å². The second kappa shape index (κ2) is 4.64. The van der Waals surface area contributed by atoms with E-state index < -0.39 is 5.97 Å². The minimum absolute atomic E-state index is 0.684. The number of carbonyl (C=O) groups is 1. The van der Waals surface area contributed by atoms with Gasteiger partial charge >= 0.3 is 5.97 Å². The maximum absolute atomic E-state index is 10.6. The van der Waals surface area contributed by atoms with Crippen LogP contribution in [0.15, 0.2) is 18.2 Å². The number of aryl methyl sites for hydroxylation is 3. The fraction of sp³-hybridized carbons (Fsp3) is 0.286. The van der Waals surface area contributed by atoms with Crippen molar-refractivity contribution in [3.05, 3.63) is 35.2 Å². The van der Waals surface area contributed by atoms with Gasteiger partial charge in [0.05, 0.1) is 11.0 Å². The summed E-state index contributed by atoms with van der Waals surface area (Å²) in [6, 6.07) is 4.10. The summed E-state index contributed by atoms with van der Waals surface area (Å²) in [4.78, 5) is 15.1. The Bertz CT molecular complexity index is 639. The molecule has 94 valence electrons. The van der Waals surface area contributed by atoms with Gasteiger partial charge in [-0.15, -0.1) is 0 Å². The molecule has 4 heteroatoms. The van der Waals surface area contributed by atoms with Crippen LogP contribution < -0.4 is 0 Å². The van der Waals surface area contributed by atoms with Crippen molar-refractivity contribution in [1.29, 1.82) is 0 Å². The SMILES string of the molecule is CCn1c(/C=C/C(=O)O)nc2c(C)c(C)ccc21. The molecule has 0 aliphatic heterocycles. The lowest BCUT2D eigenvalue weighted by Gasteiger charge is -2.03. The van der Waals surface area contributed by atoms with Gasteiger partial charge in [-0.05, 0) is 44.0 Å². The Balaban J connectivity index is 2.68. The number of hydrogen-bond acceptors (Lipinski definition) is 2. The highest BCUT2D eigenvalue weighted by Gasteiger charge is 2.10. The van der Waals surface area contributed by atoms with E-state index >= 15 is 0 Å². The number of rotatable bonds is 3. The van der Waals surface area contributed by atoms with Gasteiger partial charge in [0.25, 0.3) is 0 Å². The molecule has 0 radical (unpaired) electrons. The summed E-state index contributed by atoms with van der Waals surface area (Å²) in [5.74, 6) is -0.277. The predicted molar refractivity (Wildman–Crippen MR) is 71.6 cm³/mol. The number of carboxylic acid groups (broad SMARTS) is 1. The number of fused-ring (bicyclic) bond motifs is 1. The van der Waals surface area contributed by atoms with Gasteiger partial charge in [0, 0.05) is 12.6 Å². The Morgan fingerprint density at radius 3 is 2.78 bits per heavy atom. The van der Waals surface area contributed by atoms with E-state index in [0.717, 1.165) is 29.2 Å². The van der Waals surface area contributed by atoms with Crippen molar-refractivity contribution >= 4 is 23.1 Å². The monoisotopic (exact) mass is 244 g/mol. The number of benzene rings is 1. The van der Waals surface area contributed by atoms with E-state index in [0.29, 0.717) is 5.82 Å². The van der Waals surface area contributed by atoms with Gasteiger partial charge < -0.3 is 9.67 Å². The Morgan fingerprint density at radius 1 is 1.44 bits per heavy atom. The van der Waals surface area contributed by atoms with Crippen LogP contribution in [0.3, 0.4) is 0 Å². The van der Waals surface area contributed by atoms with E-state index in [-0.39, 0.29) is 0 Å². The van der Waals surface area contributed by atoms with Crippen molar-refractivity contribution in [2.45, 2.75) is 27.3 Å². The number of imidazole rings is 1. The largest absolute Gasteiger partial charge is 0.478 e. The standard InChI is InChI=1S/C14H16N2O2/c1-4-16-11-6-5-9(2)10(3)14(11)15-12(16)7-8-13(17)18/h5-8H,4H2,1-3H3,(H,17,18)/b8-7+. The average molecular weight is 244 g/mol. The summed E-state index contributed by atoms with van der Waals surface area (Å²) in [6.07, 6.45) is 2.66. The molecule has 0 aliphatic rings. The van der Waals surface area contributed by atoms with Crippen molar-refractivity contribution in [2.75, 3.05) is 0 Å². The van der Waals surface area contributed by atoms with E-state index in [9.17, 15) is 4.79 Å². The molecule has 1 heterocycles. The van der Waals surface area contributed by atoms with E-state index in [2.05, 4.69) is 11.1 Å². The maximum Gasteiger partial charge on any atom is 0.328 e. The summed E-state index contributed by atoms with van der Waals surface area (Å²) < 4.78 is 2.02. The summed E-state index contributed by atoms with van der Waals surface area (Å²) in [7, 11) is 0. The summed E-state index contributed by atoms with van der Waals surface area (Å²) in [6.45, 7) is 6.87. The van der Waals surface area contributed by atoms with Crippen molar-refractivity contribution in [3.8, 4) is 0 Å². The Hall–Kier alpha value is -2.10. The van der Waals surface area contributed by atoms with Gasteiger partial charge in [0.15, 0.2) is 0 Å². The molecular weight excluding hydrogens is 228 g/mol. The molecule has 0 spiro atoms. The smallest absolute Gasteiger partial charge is 0.328 e. The topological polar surface area (TPSA) is 55.1 Å². The van der Waals surface area contributed by atoms with Crippen LogP contribution in [0.2, 0.25) is 0 Å². The third kappa shape index (κ3) is 2.01. The van der Waals surface area contributed by atoms with Crippen molar-refractivity contribution in [2.24, 2.45) is 0 Å². The fourth-order valence-electron chi connectivity index (χ4n) is 2.05. The number of nitrogens with zero attached hydrogens (tertiary/aromatic N) is 2. The van der Waals surface area contributed by atoms with Crippen LogP contribution in [0, 0.1) is 13.8 Å². The summed E-state index contributed by atoms with van der Waals surface area (Å²) in [5, 5.41) is 8.69. The van der Waals surface area contributed by atoms with Crippen LogP contribution in [-0.2, 0) is 11.3 Å². The van der Waals surface area contributed by atoms with Crippen LogP contribution >= 0.6 is 0 Å². The first-order chi connectivity index (χ1) is 8.54. The lowest BCUT2D eigenvalue weighted by atomic mass is 10.1. The molecule has 0 unspecified atom stereocenters. The lowest BCUT2D eigenvalue weighted by Crippen LogP contribution is -1.97. The van der Waals surface area contributed by atoms with Gasteiger partial charge in [-0.3, -0.25) is 0 Å². The minimum Gasteiger partial charge on any atom is -0.478 e. The molecule has 0 saturated heterocycles. The van der Waals surface area contributed by atoms with Crippen LogP contribution in [-0.4, -0.2) is 20.6 Å². The van der Waals surface area contributed by atoms with E-state index in [4.69, 9.17) is 5.11 Å². The zero-order valence-electron chi connectivity index (χ0n) is 10.8. The van der Waals surface area contributed by atoms with Crippen molar-refractivity contribution < 1.29 is 9.90 Å². The van der Waals surface area contributed by atoms with E-state index in [1.54, 1.807) is 6.08 Å². The molecule has 4 nitrogen and oxygen atoms in total. The molecule has 1 aromatic heterocycles. The number of carboxylic acids is 1. The third-order valence-electron chi connectivity index (χ3n) is 3.17. The summed E-state index contributed by atoms with van der Waals surface area (Å²) in [5.41, 5.74) is 4.33. The van der Waals surface area contributed by atoms with Crippen molar-refractivity contribution in [3.63, 3.8) is 0 Å².